The molecule has 1 rings (SSSR count). The molecule has 0 aliphatic heterocycles. The molecule has 0 amide bonds. The van der Waals surface area contributed by atoms with Crippen LogP contribution in [0.2, 0.25) is 0 Å². The van der Waals surface area contributed by atoms with E-state index in [1.54, 1.807) is 0 Å². The molecule has 1 aliphatic rings. The van der Waals surface area contributed by atoms with E-state index in [1.165, 1.54) is 19.3 Å². The van der Waals surface area contributed by atoms with Gasteiger partial charge in [-0.2, -0.15) is 0 Å². The summed E-state index contributed by atoms with van der Waals surface area (Å²) in [5, 5.41) is 0. The molecule has 0 spiro atoms. The van der Waals surface area contributed by atoms with Crippen LogP contribution in [0.4, 0.5) is 0 Å². The molecular weight excluding hydrogens is 86.1 g/mol. The van der Waals surface area contributed by atoms with Crippen molar-refractivity contribution in [2.45, 2.75) is 19.3 Å². The molecule has 0 aromatic heterocycles. The van der Waals surface area contributed by atoms with Crippen molar-refractivity contribution in [3.05, 3.63) is 0 Å². The van der Waals surface area contributed by atoms with Crippen molar-refractivity contribution in [2.75, 3.05) is 7.05 Å². The second-order valence-corrected chi connectivity index (χ2v) is 2.10. The molecule has 0 aromatic carbocycles. The predicted octanol–water partition coefficient (Wildman–Crippen LogP) is 1.49. The number of hydrogen-bond acceptors (Lipinski definition) is 1. The van der Waals surface area contributed by atoms with Crippen LogP contribution in [0.1, 0.15) is 19.3 Å². The molecule has 0 N–H and O–H groups in total. The van der Waals surface area contributed by atoms with E-state index in [1.807, 2.05) is 7.05 Å². The molecule has 1 saturated carbocycles. The Balaban J connectivity index is 2.14. The summed E-state index contributed by atoms with van der Waals surface area (Å²) in [4.78, 5) is 3.93. The zero-order valence-corrected chi connectivity index (χ0v) is 4.72. The summed E-state index contributed by atoms with van der Waals surface area (Å²) in [6.07, 6.45) is 6.22. The van der Waals surface area contributed by atoms with E-state index in [0.29, 0.717) is 0 Å². The SMILES string of the molecule is CN=CC1CCC1. The third kappa shape index (κ3) is 1.02. The number of rotatable bonds is 1. The fourth-order valence-corrected chi connectivity index (χ4v) is 0.800. The van der Waals surface area contributed by atoms with Crippen LogP contribution in [0.3, 0.4) is 0 Å². The van der Waals surface area contributed by atoms with Crippen LogP contribution >= 0.6 is 0 Å². The highest BCUT2D eigenvalue weighted by Gasteiger charge is 2.13. The average Bonchev–Trinajstić information content (AvgIpc) is 1.55. The summed E-state index contributed by atoms with van der Waals surface area (Å²) in [5.41, 5.74) is 0. The Labute approximate surface area is 44.5 Å². The van der Waals surface area contributed by atoms with Gasteiger partial charge in [-0.1, -0.05) is 6.42 Å². The topological polar surface area (TPSA) is 12.4 Å². The number of hydrogen-bond donors (Lipinski definition) is 0. The molecule has 0 heterocycles. The van der Waals surface area contributed by atoms with Gasteiger partial charge in [0.15, 0.2) is 0 Å². The van der Waals surface area contributed by atoms with Crippen molar-refractivity contribution >= 4 is 6.21 Å². The highest BCUT2D eigenvalue weighted by Crippen LogP contribution is 2.23. The fourth-order valence-electron chi connectivity index (χ4n) is 0.800. The Morgan fingerprint density at radius 3 is 2.43 bits per heavy atom. The lowest BCUT2D eigenvalue weighted by Gasteiger charge is -2.19. The molecule has 1 fully saturated rings. The summed E-state index contributed by atoms with van der Waals surface area (Å²) in [6, 6.07) is 0. The van der Waals surface area contributed by atoms with Crippen LogP contribution in [0.15, 0.2) is 4.99 Å². The van der Waals surface area contributed by atoms with Crippen LogP contribution in [0.5, 0.6) is 0 Å². The minimum Gasteiger partial charge on any atom is -0.301 e. The Morgan fingerprint density at radius 2 is 2.29 bits per heavy atom. The molecule has 0 radical (unpaired) electrons. The first-order valence-electron chi connectivity index (χ1n) is 2.86. The first-order chi connectivity index (χ1) is 3.43. The van der Waals surface area contributed by atoms with Gasteiger partial charge in [-0.05, 0) is 18.8 Å². The first kappa shape index (κ1) is 4.82. The molecule has 1 aliphatic carbocycles. The summed E-state index contributed by atoms with van der Waals surface area (Å²) >= 11 is 0. The summed E-state index contributed by atoms with van der Waals surface area (Å²) in [7, 11) is 1.85. The van der Waals surface area contributed by atoms with Gasteiger partial charge in [-0.25, -0.2) is 0 Å². The van der Waals surface area contributed by atoms with Crippen molar-refractivity contribution < 1.29 is 0 Å². The van der Waals surface area contributed by atoms with Crippen molar-refractivity contribution in [1.29, 1.82) is 0 Å². The normalized spacial score (nSPS) is 23.0. The third-order valence-corrected chi connectivity index (χ3v) is 1.51. The number of nitrogens with zero attached hydrogens (tertiary/aromatic N) is 1. The first-order valence-corrected chi connectivity index (χ1v) is 2.86. The lowest BCUT2D eigenvalue weighted by Crippen LogP contribution is -2.11. The molecule has 0 aromatic rings. The standard InChI is InChI=1S/C6H11N/c1-7-5-6-3-2-4-6/h5-6H,2-4H2,1H3. The molecule has 0 bridgehead atoms. The Kier molecular flexibility index (Phi) is 1.45. The molecule has 7 heavy (non-hydrogen) atoms. The van der Waals surface area contributed by atoms with Gasteiger partial charge in [0.1, 0.15) is 0 Å². The quantitative estimate of drug-likeness (QED) is 0.439. The van der Waals surface area contributed by atoms with Crippen LogP contribution in [-0.2, 0) is 0 Å². The molecule has 1 nitrogen and oxygen atoms in total. The Hall–Kier alpha value is -0.330. The van der Waals surface area contributed by atoms with Gasteiger partial charge >= 0.3 is 0 Å². The van der Waals surface area contributed by atoms with Gasteiger partial charge in [0, 0.05) is 13.3 Å². The monoisotopic (exact) mass is 97.1 g/mol. The van der Waals surface area contributed by atoms with Gasteiger partial charge in [-0.15, -0.1) is 0 Å². The molecule has 0 atom stereocenters. The van der Waals surface area contributed by atoms with Crippen molar-refractivity contribution in [2.24, 2.45) is 10.9 Å². The zero-order valence-electron chi connectivity index (χ0n) is 4.72. The van der Waals surface area contributed by atoms with E-state index in [0.717, 1.165) is 5.92 Å². The van der Waals surface area contributed by atoms with Crippen molar-refractivity contribution in [1.82, 2.24) is 0 Å². The maximum absolute atomic E-state index is 3.93. The summed E-state index contributed by atoms with van der Waals surface area (Å²) < 4.78 is 0. The lowest BCUT2D eigenvalue weighted by molar-refractivity contribution is 0.420. The second kappa shape index (κ2) is 2.10. The Morgan fingerprint density at radius 1 is 1.57 bits per heavy atom. The molecule has 40 valence electrons. The van der Waals surface area contributed by atoms with Gasteiger partial charge in [-0.3, -0.25) is 0 Å². The van der Waals surface area contributed by atoms with E-state index in [2.05, 4.69) is 11.2 Å². The minimum absolute atomic E-state index is 0.838. The Bertz CT molecular complexity index is 72.2. The summed E-state index contributed by atoms with van der Waals surface area (Å²) in [5.74, 6) is 0.838. The van der Waals surface area contributed by atoms with E-state index in [4.69, 9.17) is 0 Å². The lowest BCUT2D eigenvalue weighted by atomic mass is 9.87. The maximum Gasteiger partial charge on any atom is 0.0273 e. The summed E-state index contributed by atoms with van der Waals surface area (Å²) in [6.45, 7) is 0. The average molecular weight is 97.2 g/mol. The van der Waals surface area contributed by atoms with E-state index >= 15 is 0 Å². The van der Waals surface area contributed by atoms with Crippen LogP contribution in [0.25, 0.3) is 0 Å². The molecule has 0 unspecified atom stereocenters. The van der Waals surface area contributed by atoms with Crippen LogP contribution in [0, 0.1) is 5.92 Å². The third-order valence-electron chi connectivity index (χ3n) is 1.51. The van der Waals surface area contributed by atoms with Crippen LogP contribution < -0.4 is 0 Å². The highest BCUT2D eigenvalue weighted by molar-refractivity contribution is 5.61. The highest BCUT2D eigenvalue weighted by atomic mass is 14.6. The predicted molar refractivity (Wildman–Crippen MR) is 31.8 cm³/mol. The zero-order chi connectivity index (χ0) is 5.11. The van der Waals surface area contributed by atoms with Gasteiger partial charge < -0.3 is 4.99 Å². The molecule has 1 heteroatoms. The minimum atomic E-state index is 0.838. The maximum atomic E-state index is 3.93. The van der Waals surface area contributed by atoms with Crippen molar-refractivity contribution in [3.8, 4) is 0 Å². The van der Waals surface area contributed by atoms with Crippen LogP contribution in [-0.4, -0.2) is 13.3 Å². The van der Waals surface area contributed by atoms with E-state index in [9.17, 15) is 0 Å². The fraction of sp³-hybridized carbons (Fsp3) is 0.833. The van der Waals surface area contributed by atoms with Crippen molar-refractivity contribution in [3.63, 3.8) is 0 Å². The van der Waals surface area contributed by atoms with E-state index in [-0.39, 0.29) is 0 Å². The van der Waals surface area contributed by atoms with E-state index < -0.39 is 0 Å². The van der Waals surface area contributed by atoms with Gasteiger partial charge in [0.25, 0.3) is 0 Å². The smallest absolute Gasteiger partial charge is 0.0273 e. The number of aliphatic imine (C=N–C) groups is 1. The van der Waals surface area contributed by atoms with Gasteiger partial charge in [0.2, 0.25) is 0 Å². The largest absolute Gasteiger partial charge is 0.301 e. The second-order valence-electron chi connectivity index (χ2n) is 2.10. The molecular formula is C6H11N. The van der Waals surface area contributed by atoms with Gasteiger partial charge in [0.05, 0.1) is 0 Å². The molecule has 0 saturated heterocycles.